The second-order valence-electron chi connectivity index (χ2n) is 4.25. The SMILES string of the molecule is Cc1ccc(C(=O)NCCSc2ccc(Cl)cc2)cn1. The van der Waals surface area contributed by atoms with E-state index >= 15 is 0 Å². The summed E-state index contributed by atoms with van der Waals surface area (Å²) in [5.41, 5.74) is 1.49. The van der Waals surface area contributed by atoms with Gasteiger partial charge in [-0.25, -0.2) is 0 Å². The number of benzene rings is 1. The normalized spacial score (nSPS) is 10.3. The third kappa shape index (κ3) is 4.54. The van der Waals surface area contributed by atoms with Crippen molar-refractivity contribution in [1.82, 2.24) is 10.3 Å². The number of carbonyl (C=O) groups is 1. The van der Waals surface area contributed by atoms with Crippen LogP contribution in [-0.4, -0.2) is 23.2 Å². The molecule has 2 rings (SSSR count). The molecule has 3 nitrogen and oxygen atoms in total. The molecule has 0 saturated heterocycles. The van der Waals surface area contributed by atoms with Crippen molar-refractivity contribution in [2.24, 2.45) is 0 Å². The maximum Gasteiger partial charge on any atom is 0.252 e. The summed E-state index contributed by atoms with van der Waals surface area (Å²) in [5, 5.41) is 3.61. The molecule has 1 aromatic carbocycles. The van der Waals surface area contributed by atoms with Gasteiger partial charge in [-0.1, -0.05) is 11.6 Å². The number of hydrogen-bond acceptors (Lipinski definition) is 3. The molecule has 1 amide bonds. The van der Waals surface area contributed by atoms with E-state index in [-0.39, 0.29) is 5.91 Å². The quantitative estimate of drug-likeness (QED) is 0.678. The predicted molar refractivity (Wildman–Crippen MR) is 83.5 cm³/mol. The number of hydrogen-bond donors (Lipinski definition) is 1. The van der Waals surface area contributed by atoms with E-state index in [2.05, 4.69) is 10.3 Å². The average Bonchev–Trinajstić information content (AvgIpc) is 2.46. The number of rotatable bonds is 5. The first-order chi connectivity index (χ1) is 9.65. The minimum atomic E-state index is -0.0887. The van der Waals surface area contributed by atoms with Crippen LogP contribution in [0.1, 0.15) is 16.1 Å². The molecule has 1 N–H and O–H groups in total. The van der Waals surface area contributed by atoms with E-state index in [1.807, 2.05) is 37.3 Å². The monoisotopic (exact) mass is 306 g/mol. The number of amides is 1. The molecule has 2 aromatic rings. The van der Waals surface area contributed by atoms with E-state index in [9.17, 15) is 4.79 Å². The highest BCUT2D eigenvalue weighted by Crippen LogP contribution is 2.19. The van der Waals surface area contributed by atoms with Crippen LogP contribution >= 0.6 is 23.4 Å². The van der Waals surface area contributed by atoms with Gasteiger partial charge in [0.05, 0.1) is 5.56 Å². The highest BCUT2D eigenvalue weighted by atomic mass is 35.5. The summed E-state index contributed by atoms with van der Waals surface area (Å²) in [4.78, 5) is 17.1. The van der Waals surface area contributed by atoms with Crippen molar-refractivity contribution in [3.05, 3.63) is 58.9 Å². The fourth-order valence-corrected chi connectivity index (χ4v) is 2.46. The largest absolute Gasteiger partial charge is 0.351 e. The molecular weight excluding hydrogens is 292 g/mol. The summed E-state index contributed by atoms with van der Waals surface area (Å²) in [7, 11) is 0. The molecule has 0 radical (unpaired) electrons. The molecule has 5 heteroatoms. The number of nitrogens with zero attached hydrogens (tertiary/aromatic N) is 1. The number of nitrogens with one attached hydrogen (secondary N) is 1. The van der Waals surface area contributed by atoms with E-state index in [1.54, 1.807) is 24.0 Å². The zero-order chi connectivity index (χ0) is 14.4. The van der Waals surface area contributed by atoms with Crippen molar-refractivity contribution in [3.8, 4) is 0 Å². The van der Waals surface area contributed by atoms with E-state index in [0.29, 0.717) is 12.1 Å². The molecule has 0 aliphatic heterocycles. The van der Waals surface area contributed by atoms with Crippen molar-refractivity contribution < 1.29 is 4.79 Å². The van der Waals surface area contributed by atoms with E-state index in [0.717, 1.165) is 21.4 Å². The zero-order valence-electron chi connectivity index (χ0n) is 11.1. The minimum absolute atomic E-state index is 0.0887. The first-order valence-electron chi connectivity index (χ1n) is 6.24. The molecule has 0 spiro atoms. The summed E-state index contributed by atoms with van der Waals surface area (Å²) in [6.07, 6.45) is 1.59. The molecule has 104 valence electrons. The first kappa shape index (κ1) is 14.9. The molecule has 20 heavy (non-hydrogen) atoms. The fraction of sp³-hybridized carbons (Fsp3) is 0.200. The molecule has 0 aliphatic rings. The van der Waals surface area contributed by atoms with Crippen LogP contribution in [-0.2, 0) is 0 Å². The van der Waals surface area contributed by atoms with Gasteiger partial charge < -0.3 is 5.32 Å². The van der Waals surface area contributed by atoms with Gasteiger partial charge in [0.2, 0.25) is 0 Å². The summed E-state index contributed by atoms with van der Waals surface area (Å²) >= 11 is 7.50. The number of carbonyl (C=O) groups excluding carboxylic acids is 1. The number of aromatic nitrogens is 1. The van der Waals surface area contributed by atoms with Crippen LogP contribution < -0.4 is 5.32 Å². The lowest BCUT2D eigenvalue weighted by molar-refractivity contribution is 0.0956. The summed E-state index contributed by atoms with van der Waals surface area (Å²) < 4.78 is 0. The highest BCUT2D eigenvalue weighted by Gasteiger charge is 2.04. The molecule has 0 saturated carbocycles. The first-order valence-corrected chi connectivity index (χ1v) is 7.61. The Hall–Kier alpha value is -1.52. The van der Waals surface area contributed by atoms with Crippen LogP contribution in [0, 0.1) is 6.92 Å². The third-order valence-corrected chi connectivity index (χ3v) is 3.91. The minimum Gasteiger partial charge on any atom is -0.351 e. The zero-order valence-corrected chi connectivity index (χ0v) is 12.7. The predicted octanol–water partition coefficient (Wildman–Crippen LogP) is 3.57. The average molecular weight is 307 g/mol. The summed E-state index contributed by atoms with van der Waals surface area (Å²) in [6.45, 7) is 2.50. The molecule has 0 fully saturated rings. The molecule has 1 aromatic heterocycles. The molecule has 0 atom stereocenters. The molecule has 1 heterocycles. The lowest BCUT2D eigenvalue weighted by atomic mass is 10.2. The second kappa shape index (κ2) is 7.31. The standard InChI is InChI=1S/C15H15ClN2OS/c1-11-2-3-12(10-18-11)15(19)17-8-9-20-14-6-4-13(16)5-7-14/h2-7,10H,8-9H2,1H3,(H,17,19). The Kier molecular flexibility index (Phi) is 5.44. The maximum atomic E-state index is 11.8. The van der Waals surface area contributed by atoms with Gasteiger partial charge in [0, 0.05) is 34.1 Å². The van der Waals surface area contributed by atoms with Gasteiger partial charge in [-0.05, 0) is 43.3 Å². The van der Waals surface area contributed by atoms with Crippen LogP contribution in [0.15, 0.2) is 47.5 Å². The highest BCUT2D eigenvalue weighted by molar-refractivity contribution is 7.99. The van der Waals surface area contributed by atoms with Gasteiger partial charge in [0.1, 0.15) is 0 Å². The van der Waals surface area contributed by atoms with Crippen LogP contribution in [0.2, 0.25) is 5.02 Å². The second-order valence-corrected chi connectivity index (χ2v) is 5.85. The van der Waals surface area contributed by atoms with Crippen molar-refractivity contribution in [3.63, 3.8) is 0 Å². The van der Waals surface area contributed by atoms with E-state index < -0.39 is 0 Å². The molecule has 0 bridgehead atoms. The van der Waals surface area contributed by atoms with E-state index in [1.165, 1.54) is 0 Å². The van der Waals surface area contributed by atoms with Crippen LogP contribution in [0.4, 0.5) is 0 Å². The van der Waals surface area contributed by atoms with Crippen molar-refractivity contribution >= 4 is 29.3 Å². The Morgan fingerprint density at radius 2 is 2.00 bits per heavy atom. The lowest BCUT2D eigenvalue weighted by Crippen LogP contribution is -2.25. The van der Waals surface area contributed by atoms with Gasteiger partial charge in [-0.2, -0.15) is 0 Å². The van der Waals surface area contributed by atoms with Gasteiger partial charge in [0.25, 0.3) is 5.91 Å². The lowest BCUT2D eigenvalue weighted by Gasteiger charge is -2.05. The number of thioether (sulfide) groups is 1. The fourth-order valence-electron chi connectivity index (χ4n) is 1.57. The van der Waals surface area contributed by atoms with Crippen LogP contribution in [0.3, 0.4) is 0 Å². The topological polar surface area (TPSA) is 42.0 Å². The van der Waals surface area contributed by atoms with Crippen molar-refractivity contribution in [2.45, 2.75) is 11.8 Å². The Balaban J connectivity index is 1.74. The van der Waals surface area contributed by atoms with Gasteiger partial charge in [-0.3, -0.25) is 9.78 Å². The van der Waals surface area contributed by atoms with Crippen LogP contribution in [0.25, 0.3) is 0 Å². The number of halogens is 1. The summed E-state index contributed by atoms with van der Waals surface area (Å²) in [6, 6.07) is 11.3. The number of pyridine rings is 1. The Labute approximate surface area is 127 Å². The Bertz CT molecular complexity index is 569. The van der Waals surface area contributed by atoms with E-state index in [4.69, 9.17) is 11.6 Å². The van der Waals surface area contributed by atoms with Crippen LogP contribution in [0.5, 0.6) is 0 Å². The Morgan fingerprint density at radius 1 is 1.25 bits per heavy atom. The Morgan fingerprint density at radius 3 is 2.65 bits per heavy atom. The van der Waals surface area contributed by atoms with Crippen molar-refractivity contribution in [1.29, 1.82) is 0 Å². The summed E-state index contributed by atoms with van der Waals surface area (Å²) in [5.74, 6) is 0.723. The molecule has 0 unspecified atom stereocenters. The van der Waals surface area contributed by atoms with Gasteiger partial charge in [-0.15, -0.1) is 11.8 Å². The maximum absolute atomic E-state index is 11.8. The molecule has 0 aliphatic carbocycles. The van der Waals surface area contributed by atoms with Gasteiger partial charge in [0.15, 0.2) is 0 Å². The molecular formula is C15H15ClN2OS. The third-order valence-electron chi connectivity index (χ3n) is 2.64. The smallest absolute Gasteiger partial charge is 0.252 e. The van der Waals surface area contributed by atoms with Gasteiger partial charge >= 0.3 is 0 Å². The number of aryl methyl sites for hydroxylation is 1. The van der Waals surface area contributed by atoms with Crippen molar-refractivity contribution in [2.75, 3.05) is 12.3 Å².